The van der Waals surface area contributed by atoms with E-state index >= 15 is 0 Å². The molecule has 1 aromatic carbocycles. The van der Waals surface area contributed by atoms with Crippen molar-refractivity contribution in [2.24, 2.45) is 0 Å². The van der Waals surface area contributed by atoms with Gasteiger partial charge >= 0.3 is 18.9 Å². The summed E-state index contributed by atoms with van der Waals surface area (Å²) in [5.41, 5.74) is 2.95. The summed E-state index contributed by atoms with van der Waals surface area (Å²) in [4.78, 5) is 2.60. The number of fused-ring (bicyclic) bond motifs is 1. The molecule has 0 saturated carbocycles. The van der Waals surface area contributed by atoms with Gasteiger partial charge in [-0.15, -0.1) is 12.6 Å². The molecule has 0 unspecified atom stereocenters. The summed E-state index contributed by atoms with van der Waals surface area (Å²) in [5, 5.41) is 4.82. The predicted molar refractivity (Wildman–Crippen MR) is 71.3 cm³/mol. The largest absolute Gasteiger partial charge is 1.00 e. The van der Waals surface area contributed by atoms with E-state index in [4.69, 9.17) is 5.32 Å². The molecule has 2 nitrogen and oxygen atoms in total. The summed E-state index contributed by atoms with van der Waals surface area (Å²) in [7, 11) is 0. The molecule has 0 N–H and O–H groups in total. The van der Waals surface area contributed by atoms with E-state index < -0.39 is 0 Å². The molecule has 2 aliphatic heterocycles. The predicted octanol–water partition coefficient (Wildman–Crippen LogP) is -0.0251. The van der Waals surface area contributed by atoms with E-state index in [1.165, 1.54) is 50.0 Å². The van der Waals surface area contributed by atoms with Crippen LogP contribution in [-0.4, -0.2) is 30.6 Å². The first kappa shape index (κ1) is 14.2. The van der Waals surface area contributed by atoms with E-state index in [1.54, 1.807) is 0 Å². The Labute approximate surface area is 122 Å². The van der Waals surface area contributed by atoms with Crippen molar-refractivity contribution >= 4 is 0 Å². The average molecular weight is 236 g/mol. The van der Waals surface area contributed by atoms with E-state index in [1.807, 2.05) is 0 Å². The van der Waals surface area contributed by atoms with Crippen molar-refractivity contribution in [1.29, 1.82) is 0 Å². The van der Waals surface area contributed by atoms with Crippen molar-refractivity contribution in [2.45, 2.75) is 38.3 Å². The molecular formula is C15H21LiN2. The topological polar surface area (TPSA) is 17.3 Å². The quantitative estimate of drug-likeness (QED) is 0.659. The Morgan fingerprint density at radius 3 is 2.56 bits per heavy atom. The zero-order chi connectivity index (χ0) is 11.5. The van der Waals surface area contributed by atoms with Crippen LogP contribution in [0.15, 0.2) is 24.3 Å². The first-order valence-electron chi connectivity index (χ1n) is 6.87. The van der Waals surface area contributed by atoms with E-state index in [0.29, 0.717) is 6.04 Å². The molecule has 0 aliphatic carbocycles. The standard InChI is InChI=1S/C15H21N2.Li/c1-4-8-17(9-5-1)12-15-10-13-6-2-3-7-14(13)11-16-15;/h2-3,6-7,15H,1,4-5,8-12H2;/q-1;+1/t15-;/m0./s1. The Kier molecular flexibility index (Phi) is 5.33. The van der Waals surface area contributed by atoms with Crippen LogP contribution in [0.3, 0.4) is 0 Å². The Balaban J connectivity index is 0.00000120. The van der Waals surface area contributed by atoms with Crippen LogP contribution < -0.4 is 18.9 Å². The molecule has 0 amide bonds. The van der Waals surface area contributed by atoms with Crippen LogP contribution in [0.2, 0.25) is 0 Å². The maximum absolute atomic E-state index is 4.82. The Morgan fingerprint density at radius 2 is 1.78 bits per heavy atom. The summed E-state index contributed by atoms with van der Waals surface area (Å²) >= 11 is 0. The minimum absolute atomic E-state index is 0. The van der Waals surface area contributed by atoms with Gasteiger partial charge in [0.05, 0.1) is 0 Å². The van der Waals surface area contributed by atoms with Gasteiger partial charge in [-0.1, -0.05) is 36.2 Å². The molecule has 3 rings (SSSR count). The number of benzene rings is 1. The molecule has 1 atom stereocenters. The van der Waals surface area contributed by atoms with Gasteiger partial charge in [-0.3, -0.25) is 0 Å². The van der Waals surface area contributed by atoms with Crippen molar-refractivity contribution in [1.82, 2.24) is 4.90 Å². The molecular weight excluding hydrogens is 215 g/mol. The van der Waals surface area contributed by atoms with Crippen LogP contribution in [0, 0.1) is 0 Å². The Bertz CT molecular complexity index is 375. The number of hydrogen-bond acceptors (Lipinski definition) is 1. The van der Waals surface area contributed by atoms with Crippen LogP contribution in [0.4, 0.5) is 0 Å². The minimum atomic E-state index is 0. The minimum Gasteiger partial charge on any atom is -0.654 e. The van der Waals surface area contributed by atoms with Gasteiger partial charge in [0, 0.05) is 0 Å². The third kappa shape index (κ3) is 3.39. The van der Waals surface area contributed by atoms with E-state index in [-0.39, 0.29) is 18.9 Å². The fraction of sp³-hybridized carbons (Fsp3) is 0.600. The van der Waals surface area contributed by atoms with Crippen LogP contribution in [0.1, 0.15) is 30.4 Å². The molecule has 0 bridgehead atoms. The zero-order valence-corrected chi connectivity index (χ0v) is 11.4. The Morgan fingerprint density at radius 1 is 1.06 bits per heavy atom. The van der Waals surface area contributed by atoms with E-state index in [0.717, 1.165) is 13.0 Å². The number of likely N-dealkylation sites (tertiary alicyclic amines) is 1. The van der Waals surface area contributed by atoms with Gasteiger partial charge in [-0.05, 0) is 44.5 Å². The van der Waals surface area contributed by atoms with Gasteiger partial charge in [-0.2, -0.15) is 0 Å². The van der Waals surface area contributed by atoms with Crippen LogP contribution in [0.5, 0.6) is 0 Å². The van der Waals surface area contributed by atoms with Gasteiger partial charge in [0.15, 0.2) is 0 Å². The molecule has 0 aromatic heterocycles. The van der Waals surface area contributed by atoms with E-state index in [2.05, 4.69) is 29.2 Å². The number of rotatable bonds is 2. The summed E-state index contributed by atoms with van der Waals surface area (Å²) < 4.78 is 0. The second kappa shape index (κ2) is 6.77. The summed E-state index contributed by atoms with van der Waals surface area (Å²) in [6.07, 6.45) is 5.32. The molecule has 18 heavy (non-hydrogen) atoms. The van der Waals surface area contributed by atoms with Crippen molar-refractivity contribution in [3.05, 3.63) is 40.7 Å². The normalized spacial score (nSPS) is 24.1. The third-order valence-electron chi connectivity index (χ3n) is 4.01. The van der Waals surface area contributed by atoms with Gasteiger partial charge in [0.1, 0.15) is 0 Å². The molecule has 1 aromatic rings. The van der Waals surface area contributed by atoms with Crippen LogP contribution in [0.25, 0.3) is 5.32 Å². The first-order chi connectivity index (χ1) is 8.42. The summed E-state index contributed by atoms with van der Waals surface area (Å²) in [5.74, 6) is 0. The molecule has 2 heterocycles. The smallest absolute Gasteiger partial charge is 0.654 e. The summed E-state index contributed by atoms with van der Waals surface area (Å²) in [6, 6.07) is 9.30. The average Bonchev–Trinajstić information content (AvgIpc) is 2.40. The maximum atomic E-state index is 4.82. The second-order valence-electron chi connectivity index (χ2n) is 5.33. The van der Waals surface area contributed by atoms with Crippen molar-refractivity contribution < 1.29 is 18.9 Å². The van der Waals surface area contributed by atoms with Crippen LogP contribution >= 0.6 is 0 Å². The molecule has 3 heteroatoms. The van der Waals surface area contributed by atoms with Gasteiger partial charge in [0.25, 0.3) is 0 Å². The molecule has 2 aliphatic rings. The van der Waals surface area contributed by atoms with Crippen molar-refractivity contribution in [2.75, 3.05) is 19.6 Å². The van der Waals surface area contributed by atoms with Gasteiger partial charge in [0.2, 0.25) is 0 Å². The molecule has 1 fully saturated rings. The van der Waals surface area contributed by atoms with Crippen LogP contribution in [-0.2, 0) is 13.0 Å². The number of nitrogens with zero attached hydrogens (tertiary/aromatic N) is 2. The fourth-order valence-corrected chi connectivity index (χ4v) is 3.02. The third-order valence-corrected chi connectivity index (χ3v) is 4.01. The molecule has 1 saturated heterocycles. The molecule has 0 spiro atoms. The number of hydrogen-bond donors (Lipinski definition) is 0. The van der Waals surface area contributed by atoms with Gasteiger partial charge in [-0.25, -0.2) is 0 Å². The summed E-state index contributed by atoms with van der Waals surface area (Å²) in [6.45, 7) is 4.67. The zero-order valence-electron chi connectivity index (χ0n) is 11.4. The maximum Gasteiger partial charge on any atom is 1.00 e. The number of piperidine rings is 1. The molecule has 92 valence electrons. The SMILES string of the molecule is [Li+].c1ccc2c(c1)C[N-][C@H](CN1CCCCC1)C2. The van der Waals surface area contributed by atoms with Gasteiger partial charge < -0.3 is 10.2 Å². The van der Waals surface area contributed by atoms with Crippen molar-refractivity contribution in [3.63, 3.8) is 0 Å². The monoisotopic (exact) mass is 236 g/mol. The first-order valence-corrected chi connectivity index (χ1v) is 6.87. The molecule has 0 radical (unpaired) electrons. The van der Waals surface area contributed by atoms with E-state index in [9.17, 15) is 0 Å². The van der Waals surface area contributed by atoms with Crippen molar-refractivity contribution in [3.8, 4) is 0 Å². The second-order valence-corrected chi connectivity index (χ2v) is 5.33. The Hall–Kier alpha value is -0.263. The fourth-order valence-electron chi connectivity index (χ4n) is 3.02.